The van der Waals surface area contributed by atoms with Crippen LogP contribution in [0.5, 0.6) is 28.7 Å². The van der Waals surface area contributed by atoms with E-state index in [-0.39, 0.29) is 5.78 Å². The molecule has 4 rings (SSSR count). The molecule has 0 amide bonds. The Morgan fingerprint density at radius 2 is 1.21 bits per heavy atom. The molecular weight excluding hydrogens is 424 g/mol. The minimum absolute atomic E-state index is 0.220. The highest BCUT2D eigenvalue weighted by Gasteiger charge is 2.39. The molecular formula is C26H26O7. The molecule has 33 heavy (non-hydrogen) atoms. The van der Waals surface area contributed by atoms with Crippen molar-refractivity contribution in [1.82, 2.24) is 0 Å². The number of ketones is 1. The normalized spacial score (nSPS) is 16.8. The van der Waals surface area contributed by atoms with Gasteiger partial charge in [-0.3, -0.25) is 4.79 Å². The van der Waals surface area contributed by atoms with Crippen LogP contribution in [0.15, 0.2) is 48.5 Å². The molecule has 0 spiro atoms. The minimum Gasteiger partial charge on any atom is -0.497 e. The zero-order valence-electron chi connectivity index (χ0n) is 19.2. The zero-order valence-corrected chi connectivity index (χ0v) is 19.2. The Morgan fingerprint density at radius 3 is 1.76 bits per heavy atom. The third-order valence-corrected chi connectivity index (χ3v) is 6.00. The lowest BCUT2D eigenvalue weighted by Gasteiger charge is -2.22. The number of methoxy groups -OCH3 is 5. The van der Waals surface area contributed by atoms with Gasteiger partial charge in [-0.05, 0) is 35.4 Å². The van der Waals surface area contributed by atoms with Gasteiger partial charge in [-0.2, -0.15) is 0 Å². The highest BCUT2D eigenvalue weighted by Crippen LogP contribution is 2.49. The molecule has 172 valence electrons. The lowest BCUT2D eigenvalue weighted by molar-refractivity contribution is 0.0970. The van der Waals surface area contributed by atoms with Crippen LogP contribution in [0.1, 0.15) is 44.6 Å². The molecule has 0 aliphatic heterocycles. The Kier molecular flexibility index (Phi) is 6.16. The molecule has 0 fully saturated rings. The zero-order chi connectivity index (χ0) is 23.7. The molecule has 0 bridgehead atoms. The molecule has 1 unspecified atom stereocenters. The average molecular weight is 450 g/mol. The first kappa shape index (κ1) is 22.5. The number of benzene rings is 3. The van der Waals surface area contributed by atoms with E-state index in [0.29, 0.717) is 51.0 Å². The van der Waals surface area contributed by atoms with E-state index in [1.807, 2.05) is 12.1 Å². The van der Waals surface area contributed by atoms with Crippen molar-refractivity contribution in [2.24, 2.45) is 0 Å². The lowest BCUT2D eigenvalue weighted by atomic mass is 9.83. The monoisotopic (exact) mass is 450 g/mol. The van der Waals surface area contributed by atoms with E-state index in [1.165, 1.54) is 21.3 Å². The van der Waals surface area contributed by atoms with Gasteiger partial charge in [-0.1, -0.05) is 12.1 Å². The van der Waals surface area contributed by atoms with Gasteiger partial charge in [0.15, 0.2) is 5.78 Å². The molecule has 1 N–H and O–H groups in total. The van der Waals surface area contributed by atoms with E-state index in [2.05, 4.69) is 0 Å². The number of carbonyl (C=O) groups excluding carboxylic acids is 1. The van der Waals surface area contributed by atoms with Crippen LogP contribution < -0.4 is 23.7 Å². The maximum absolute atomic E-state index is 14.1. The van der Waals surface area contributed by atoms with Crippen molar-refractivity contribution >= 4 is 5.78 Å². The van der Waals surface area contributed by atoms with E-state index in [1.54, 1.807) is 50.6 Å². The fraction of sp³-hybridized carbons (Fsp3) is 0.269. The van der Waals surface area contributed by atoms with Crippen LogP contribution in [-0.2, 0) is 0 Å². The third-order valence-electron chi connectivity index (χ3n) is 6.00. The first-order valence-electron chi connectivity index (χ1n) is 10.3. The summed E-state index contributed by atoms with van der Waals surface area (Å²) in [5.41, 5.74) is 2.49. The van der Waals surface area contributed by atoms with Crippen molar-refractivity contribution in [2.75, 3.05) is 35.5 Å². The Balaban J connectivity index is 2.09. The average Bonchev–Trinajstić information content (AvgIpc) is 2.95. The van der Waals surface area contributed by atoms with Crippen LogP contribution >= 0.6 is 0 Å². The fourth-order valence-electron chi connectivity index (χ4n) is 4.38. The summed E-state index contributed by atoms with van der Waals surface area (Å²) in [6.45, 7) is 0. The van der Waals surface area contributed by atoms with Crippen molar-refractivity contribution in [3.63, 3.8) is 0 Å². The summed E-state index contributed by atoms with van der Waals surface area (Å²) >= 11 is 0. The lowest BCUT2D eigenvalue weighted by Crippen LogP contribution is -2.16. The minimum atomic E-state index is -1.16. The summed E-state index contributed by atoms with van der Waals surface area (Å²) in [6.07, 6.45) is -1.16. The molecule has 7 nitrogen and oxygen atoms in total. The predicted octanol–water partition coefficient (Wildman–Crippen LogP) is 4.14. The van der Waals surface area contributed by atoms with Gasteiger partial charge in [0, 0.05) is 23.3 Å². The quantitative estimate of drug-likeness (QED) is 0.604. The smallest absolute Gasteiger partial charge is 0.178 e. The molecule has 0 radical (unpaired) electrons. The second kappa shape index (κ2) is 9.03. The molecule has 1 aliphatic carbocycles. The van der Waals surface area contributed by atoms with Crippen molar-refractivity contribution in [1.29, 1.82) is 0 Å². The van der Waals surface area contributed by atoms with Gasteiger partial charge in [0.1, 0.15) is 34.9 Å². The number of aliphatic hydroxyl groups excluding tert-OH is 1. The van der Waals surface area contributed by atoms with Gasteiger partial charge >= 0.3 is 0 Å². The van der Waals surface area contributed by atoms with Crippen LogP contribution in [0.3, 0.4) is 0 Å². The van der Waals surface area contributed by atoms with Crippen LogP contribution in [0.4, 0.5) is 0 Å². The van der Waals surface area contributed by atoms with Gasteiger partial charge in [-0.25, -0.2) is 0 Å². The maximum atomic E-state index is 14.1. The number of hydrogen-bond donors (Lipinski definition) is 1. The number of fused-ring (bicyclic) bond motifs is 2. The number of hydrogen-bond acceptors (Lipinski definition) is 7. The predicted molar refractivity (Wildman–Crippen MR) is 122 cm³/mol. The summed E-state index contributed by atoms with van der Waals surface area (Å²) in [7, 11) is 7.65. The SMILES string of the molecule is COc1ccc([C@@H]2C(=O)c3c(OC)cc(OC)cc3C(O)c3c(OC)cc(OC)cc32)cc1. The van der Waals surface area contributed by atoms with Crippen molar-refractivity contribution in [3.8, 4) is 28.7 Å². The molecule has 3 aromatic rings. The van der Waals surface area contributed by atoms with Gasteiger partial charge < -0.3 is 28.8 Å². The van der Waals surface area contributed by atoms with Crippen molar-refractivity contribution < 1.29 is 33.6 Å². The van der Waals surface area contributed by atoms with E-state index < -0.39 is 12.0 Å². The van der Waals surface area contributed by atoms with Gasteiger partial charge in [0.25, 0.3) is 0 Å². The standard InChI is InChI=1S/C26H26O7/c1-29-15-8-6-14(7-9-15)22-18-10-16(30-2)12-20(32-4)23(18)25(27)19-11-17(31-3)13-21(33-5)24(19)26(22)28/h6-13,22,25,27H,1-5H3/t22-,25?/m0/s1. The molecule has 0 aromatic heterocycles. The van der Waals surface area contributed by atoms with Crippen LogP contribution in [0.25, 0.3) is 0 Å². The second-order valence-electron chi connectivity index (χ2n) is 7.60. The van der Waals surface area contributed by atoms with E-state index in [0.717, 1.165) is 5.56 Å². The Bertz CT molecular complexity index is 1180. The third kappa shape index (κ3) is 3.74. The van der Waals surface area contributed by atoms with Crippen LogP contribution in [0.2, 0.25) is 0 Å². The second-order valence-corrected chi connectivity index (χ2v) is 7.60. The summed E-state index contributed by atoms with van der Waals surface area (Å²) < 4.78 is 27.4. The summed E-state index contributed by atoms with van der Waals surface area (Å²) in [6, 6.07) is 14.0. The Morgan fingerprint density at radius 1 is 0.667 bits per heavy atom. The molecule has 3 aromatic carbocycles. The van der Waals surface area contributed by atoms with Crippen LogP contribution in [-0.4, -0.2) is 46.4 Å². The summed E-state index contributed by atoms with van der Waals surface area (Å²) in [5, 5.41) is 11.6. The molecule has 0 heterocycles. The fourth-order valence-corrected chi connectivity index (χ4v) is 4.38. The number of Topliss-reactive ketones (excluding diaryl/α,β-unsaturated/α-hetero) is 1. The highest BCUT2D eigenvalue weighted by molar-refractivity contribution is 6.08. The van der Waals surface area contributed by atoms with Crippen molar-refractivity contribution in [2.45, 2.75) is 12.0 Å². The largest absolute Gasteiger partial charge is 0.497 e. The molecule has 0 saturated heterocycles. The van der Waals surface area contributed by atoms with Gasteiger partial charge in [-0.15, -0.1) is 0 Å². The highest BCUT2D eigenvalue weighted by atomic mass is 16.5. The number of aliphatic hydroxyl groups is 1. The number of ether oxygens (including phenoxy) is 5. The molecule has 1 aliphatic rings. The van der Waals surface area contributed by atoms with E-state index in [4.69, 9.17) is 23.7 Å². The molecule has 0 saturated carbocycles. The number of carbonyl (C=O) groups is 1. The first-order chi connectivity index (χ1) is 16.0. The summed E-state index contributed by atoms with van der Waals surface area (Å²) in [4.78, 5) is 14.1. The van der Waals surface area contributed by atoms with Gasteiger partial charge in [0.05, 0.1) is 47.0 Å². The molecule has 2 atom stereocenters. The Labute approximate surface area is 192 Å². The number of rotatable bonds is 6. The Hall–Kier alpha value is -3.71. The maximum Gasteiger partial charge on any atom is 0.178 e. The topological polar surface area (TPSA) is 83.5 Å². The van der Waals surface area contributed by atoms with E-state index in [9.17, 15) is 9.90 Å². The van der Waals surface area contributed by atoms with E-state index >= 15 is 0 Å². The summed E-state index contributed by atoms with van der Waals surface area (Å²) in [5.74, 6) is 1.43. The van der Waals surface area contributed by atoms with Gasteiger partial charge in [0.2, 0.25) is 0 Å². The van der Waals surface area contributed by atoms with Crippen LogP contribution in [0, 0.1) is 0 Å². The van der Waals surface area contributed by atoms with Crippen molar-refractivity contribution in [3.05, 3.63) is 76.3 Å². The molecule has 7 heteroatoms. The first-order valence-corrected chi connectivity index (χ1v) is 10.3.